The van der Waals surface area contributed by atoms with E-state index in [9.17, 15) is 0 Å². The molecule has 0 aromatic heterocycles. The molecule has 0 fully saturated rings. The summed E-state index contributed by atoms with van der Waals surface area (Å²) < 4.78 is 0. The van der Waals surface area contributed by atoms with Gasteiger partial charge in [0.1, 0.15) is 0 Å². The van der Waals surface area contributed by atoms with Crippen molar-refractivity contribution in [1.82, 2.24) is 0 Å². The van der Waals surface area contributed by atoms with Gasteiger partial charge in [-0.15, -0.1) is 6.58 Å². The molecule has 0 aromatic rings. The van der Waals surface area contributed by atoms with Crippen molar-refractivity contribution in [3.63, 3.8) is 0 Å². The molecule has 0 amide bonds. The standard InChI is InChI=1S/C10H22.C8H14.4C3H8.3C2H6/c1-3-5-7-9-10-8-6-4-2;1-4-6-7-8(3)5-2;4*1-3-2;3*1-2/h3-10H2,1-2H3;4-6,8H,2,7H2,1,3H3;4*3H2,1-2H3;3*1-2H3/b;6-4+;;;;;;;. The largest absolute Gasteiger partial charge is 0.103 e. The Morgan fingerprint density at radius 2 is 0.722 bits per heavy atom. The van der Waals surface area contributed by atoms with Crippen molar-refractivity contribution in [1.29, 1.82) is 0 Å². The quantitative estimate of drug-likeness (QED) is 0.199. The summed E-state index contributed by atoms with van der Waals surface area (Å²) in [4.78, 5) is 0. The van der Waals surface area contributed by atoms with Gasteiger partial charge in [-0.25, -0.2) is 0 Å². The monoisotopic (exact) mass is 519 g/mol. The van der Waals surface area contributed by atoms with Crippen LogP contribution in [0.4, 0.5) is 0 Å². The molecule has 0 radical (unpaired) electrons. The summed E-state index contributed by atoms with van der Waals surface area (Å²) in [5.74, 6) is 0.631. The summed E-state index contributed by atoms with van der Waals surface area (Å²) in [5.41, 5.74) is 0. The van der Waals surface area contributed by atoms with E-state index in [-0.39, 0.29) is 0 Å². The molecule has 0 aliphatic heterocycles. The van der Waals surface area contributed by atoms with E-state index in [0.29, 0.717) is 5.92 Å². The Balaban J connectivity index is -0.0000000357. The Kier molecular flexibility index (Phi) is 189. The van der Waals surface area contributed by atoms with Gasteiger partial charge < -0.3 is 0 Å². The average molecular weight is 519 g/mol. The molecule has 0 nitrogen and oxygen atoms in total. The van der Waals surface area contributed by atoms with Gasteiger partial charge in [0.25, 0.3) is 0 Å². The molecule has 0 aliphatic carbocycles. The van der Waals surface area contributed by atoms with Crippen LogP contribution >= 0.6 is 0 Å². The molecule has 0 rings (SSSR count). The number of allylic oxidation sites excluding steroid dienone is 3. The summed E-state index contributed by atoms with van der Waals surface area (Å²) >= 11 is 0. The molecule has 230 valence electrons. The van der Waals surface area contributed by atoms with Crippen LogP contribution in [0.5, 0.6) is 0 Å². The lowest BCUT2D eigenvalue weighted by Gasteiger charge is -1.97. The summed E-state index contributed by atoms with van der Waals surface area (Å²) in [6.07, 6.45) is 23.8. The van der Waals surface area contributed by atoms with Crippen LogP contribution in [0.1, 0.15) is 208 Å². The minimum Gasteiger partial charge on any atom is -0.103 e. The fourth-order valence-corrected chi connectivity index (χ4v) is 1.65. The van der Waals surface area contributed by atoms with Crippen LogP contribution < -0.4 is 0 Å². The van der Waals surface area contributed by atoms with E-state index in [1.807, 2.05) is 54.5 Å². The van der Waals surface area contributed by atoms with Crippen molar-refractivity contribution in [2.45, 2.75) is 208 Å². The lowest BCUT2D eigenvalue weighted by atomic mass is 10.1. The fraction of sp³-hybridized carbons (Fsp3) is 0.889. The Morgan fingerprint density at radius 1 is 0.500 bits per heavy atom. The predicted octanol–water partition coefficient (Wildman–Crippen LogP) is 15.7. The molecule has 0 aliphatic rings. The molecular formula is C36H86. The SMILES string of the molecule is C=CC(C)C/C=C/C.CC.CC.CC.CCC.CCC.CCC.CCC.CCCCCCCCCC. The number of hydrogen-bond donors (Lipinski definition) is 0. The van der Waals surface area contributed by atoms with Crippen molar-refractivity contribution in [3.8, 4) is 0 Å². The minimum absolute atomic E-state index is 0.631. The first-order chi connectivity index (χ1) is 17.4. The second-order valence-electron chi connectivity index (χ2n) is 7.97. The summed E-state index contributed by atoms with van der Waals surface area (Å²) in [7, 11) is 0. The topological polar surface area (TPSA) is 0 Å². The van der Waals surface area contributed by atoms with Gasteiger partial charge >= 0.3 is 0 Å². The Morgan fingerprint density at radius 3 is 0.889 bits per heavy atom. The van der Waals surface area contributed by atoms with Gasteiger partial charge in [-0.05, 0) is 19.3 Å². The van der Waals surface area contributed by atoms with Crippen LogP contribution in [0.2, 0.25) is 0 Å². The first-order valence-corrected chi connectivity index (χ1v) is 16.6. The van der Waals surface area contributed by atoms with Crippen molar-refractivity contribution >= 4 is 0 Å². The molecule has 36 heavy (non-hydrogen) atoms. The number of rotatable bonds is 10. The molecule has 0 saturated carbocycles. The van der Waals surface area contributed by atoms with Crippen LogP contribution in [0.3, 0.4) is 0 Å². The van der Waals surface area contributed by atoms with E-state index in [1.54, 1.807) is 0 Å². The first kappa shape index (κ1) is 60.2. The first-order valence-electron chi connectivity index (χ1n) is 16.6. The molecule has 0 aromatic carbocycles. The highest BCUT2D eigenvalue weighted by molar-refractivity contribution is 4.85. The summed E-state index contributed by atoms with van der Waals surface area (Å²) in [6, 6.07) is 0. The Hall–Kier alpha value is -0.520. The van der Waals surface area contributed by atoms with Crippen molar-refractivity contribution < 1.29 is 0 Å². The summed E-state index contributed by atoms with van der Waals surface area (Å²) in [6.45, 7) is 41.4. The van der Waals surface area contributed by atoms with Crippen LogP contribution in [0, 0.1) is 5.92 Å². The molecule has 1 atom stereocenters. The van der Waals surface area contributed by atoms with Crippen LogP contribution in [0.25, 0.3) is 0 Å². The molecular weight excluding hydrogens is 432 g/mol. The van der Waals surface area contributed by atoms with Gasteiger partial charge in [-0.1, -0.05) is 213 Å². The zero-order chi connectivity index (χ0) is 30.9. The van der Waals surface area contributed by atoms with Gasteiger partial charge in [-0.3, -0.25) is 0 Å². The number of unbranched alkanes of at least 4 members (excludes halogenated alkanes) is 7. The van der Waals surface area contributed by atoms with Gasteiger partial charge in [0, 0.05) is 0 Å². The highest BCUT2D eigenvalue weighted by atomic mass is 13.9. The molecule has 0 spiro atoms. The van der Waals surface area contributed by atoms with E-state index in [1.165, 1.54) is 77.0 Å². The van der Waals surface area contributed by atoms with E-state index in [2.05, 4.69) is 94.9 Å². The minimum atomic E-state index is 0.631. The third-order valence-corrected chi connectivity index (χ3v) is 3.10. The molecule has 0 heterocycles. The normalized spacial score (nSPS) is 8.50. The Bertz CT molecular complexity index is 198. The van der Waals surface area contributed by atoms with E-state index in [4.69, 9.17) is 0 Å². The van der Waals surface area contributed by atoms with E-state index >= 15 is 0 Å². The number of hydrogen-bond acceptors (Lipinski definition) is 0. The molecule has 1 unspecified atom stereocenters. The molecule has 0 saturated heterocycles. The average Bonchev–Trinajstić information content (AvgIpc) is 2.90. The molecule has 0 heteroatoms. The van der Waals surface area contributed by atoms with E-state index < -0.39 is 0 Å². The van der Waals surface area contributed by atoms with Crippen LogP contribution in [-0.4, -0.2) is 0 Å². The van der Waals surface area contributed by atoms with Crippen molar-refractivity contribution in [2.24, 2.45) is 5.92 Å². The maximum Gasteiger partial charge on any atom is -0.0230 e. The second-order valence-corrected chi connectivity index (χ2v) is 7.97. The van der Waals surface area contributed by atoms with Crippen LogP contribution in [-0.2, 0) is 0 Å². The van der Waals surface area contributed by atoms with Crippen molar-refractivity contribution in [2.75, 3.05) is 0 Å². The zero-order valence-corrected chi connectivity index (χ0v) is 30.2. The van der Waals surface area contributed by atoms with Crippen molar-refractivity contribution in [3.05, 3.63) is 24.8 Å². The highest BCUT2D eigenvalue weighted by Gasteiger charge is 1.88. The Labute approximate surface area is 238 Å². The molecule has 0 bridgehead atoms. The predicted molar refractivity (Wildman–Crippen MR) is 185 cm³/mol. The van der Waals surface area contributed by atoms with Gasteiger partial charge in [0.2, 0.25) is 0 Å². The lowest BCUT2D eigenvalue weighted by molar-refractivity contribution is 0.585. The van der Waals surface area contributed by atoms with E-state index in [0.717, 1.165) is 6.42 Å². The van der Waals surface area contributed by atoms with Crippen LogP contribution in [0.15, 0.2) is 24.8 Å². The van der Waals surface area contributed by atoms with Gasteiger partial charge in [-0.2, -0.15) is 0 Å². The highest BCUT2D eigenvalue weighted by Crippen LogP contribution is 2.07. The second kappa shape index (κ2) is 113. The lowest BCUT2D eigenvalue weighted by Crippen LogP contribution is -1.82. The maximum absolute atomic E-state index is 3.68. The molecule has 0 N–H and O–H groups in total. The fourth-order valence-electron chi connectivity index (χ4n) is 1.65. The third-order valence-electron chi connectivity index (χ3n) is 3.10. The van der Waals surface area contributed by atoms with Gasteiger partial charge in [0.05, 0.1) is 0 Å². The third kappa shape index (κ3) is 227. The maximum atomic E-state index is 3.68. The summed E-state index contributed by atoms with van der Waals surface area (Å²) in [5, 5.41) is 0. The van der Waals surface area contributed by atoms with Gasteiger partial charge in [0.15, 0.2) is 0 Å². The zero-order valence-electron chi connectivity index (χ0n) is 30.2. The smallest absolute Gasteiger partial charge is 0.0230 e.